The Labute approximate surface area is 153 Å². The predicted molar refractivity (Wildman–Crippen MR) is 95.8 cm³/mol. The summed E-state index contributed by atoms with van der Waals surface area (Å²) in [4.78, 5) is 25.5. The van der Waals surface area contributed by atoms with Crippen molar-refractivity contribution in [2.75, 3.05) is 0 Å². The highest BCUT2D eigenvalue weighted by atomic mass is 16.5. The minimum Gasteiger partial charge on any atom is -0.460 e. The Morgan fingerprint density at radius 3 is 1.85 bits per heavy atom. The summed E-state index contributed by atoms with van der Waals surface area (Å²) in [5.41, 5.74) is 2.68. The third kappa shape index (κ3) is 4.28. The number of allylic oxidation sites excluding steroid dienone is 2. The molecule has 0 atom stereocenters. The molecule has 0 aliphatic carbocycles. The molecule has 0 spiro atoms. The largest absolute Gasteiger partial charge is 0.460 e. The predicted octanol–water partition coefficient (Wildman–Crippen LogP) is 2.61. The molecule has 2 rings (SSSR count). The van der Waals surface area contributed by atoms with Crippen LogP contribution in [0.15, 0.2) is 41.0 Å². The third-order valence-electron chi connectivity index (χ3n) is 3.83. The molecule has 1 aromatic rings. The van der Waals surface area contributed by atoms with Gasteiger partial charge in [0.15, 0.2) is 0 Å². The molecule has 1 aromatic heterocycles. The van der Waals surface area contributed by atoms with Crippen molar-refractivity contribution in [2.45, 2.75) is 59.7 Å². The summed E-state index contributed by atoms with van der Waals surface area (Å²) < 4.78 is 10.8. The summed E-state index contributed by atoms with van der Waals surface area (Å²) in [7, 11) is 0. The number of nitrogens with one attached hydrogen (secondary N) is 1. The summed E-state index contributed by atoms with van der Waals surface area (Å²) >= 11 is 0. The summed E-state index contributed by atoms with van der Waals surface area (Å²) in [5, 5.41) is 10.8. The van der Waals surface area contributed by atoms with Crippen LogP contribution in [0.3, 0.4) is 0 Å². The zero-order valence-electron chi connectivity index (χ0n) is 16.0. The lowest BCUT2D eigenvalue weighted by Crippen LogP contribution is -2.33. The van der Waals surface area contributed by atoms with E-state index in [9.17, 15) is 9.59 Å². The van der Waals surface area contributed by atoms with Crippen molar-refractivity contribution < 1.29 is 19.1 Å². The van der Waals surface area contributed by atoms with Crippen LogP contribution in [0.25, 0.3) is 0 Å². The smallest absolute Gasteiger partial charge is 0.337 e. The van der Waals surface area contributed by atoms with Crippen molar-refractivity contribution in [3.05, 3.63) is 46.6 Å². The van der Waals surface area contributed by atoms with Gasteiger partial charge in [0.05, 0.1) is 35.5 Å². The van der Waals surface area contributed by atoms with Crippen LogP contribution in [0, 0.1) is 0 Å². The monoisotopic (exact) mass is 359 g/mol. The maximum absolute atomic E-state index is 12.8. The van der Waals surface area contributed by atoms with Gasteiger partial charge in [-0.3, -0.25) is 0 Å². The van der Waals surface area contributed by atoms with Crippen molar-refractivity contribution in [1.82, 2.24) is 15.5 Å². The highest BCUT2D eigenvalue weighted by Crippen LogP contribution is 2.39. The molecule has 1 aliphatic rings. The molecule has 0 fully saturated rings. The quantitative estimate of drug-likeness (QED) is 0.808. The topological polar surface area (TPSA) is 90.4 Å². The molecule has 0 saturated carbocycles. The van der Waals surface area contributed by atoms with Crippen LogP contribution < -0.4 is 5.32 Å². The summed E-state index contributed by atoms with van der Waals surface area (Å²) in [6, 6.07) is 1.73. The average molecular weight is 359 g/mol. The molecule has 2 heterocycles. The molecule has 0 bridgehead atoms. The van der Waals surface area contributed by atoms with Crippen molar-refractivity contribution in [3.8, 4) is 0 Å². The molecule has 7 nitrogen and oxygen atoms in total. The van der Waals surface area contributed by atoms with E-state index >= 15 is 0 Å². The Morgan fingerprint density at radius 2 is 1.46 bits per heavy atom. The van der Waals surface area contributed by atoms with Crippen molar-refractivity contribution >= 4 is 11.9 Å². The Kier molecular flexibility index (Phi) is 6.13. The second-order valence-electron chi connectivity index (χ2n) is 6.72. The van der Waals surface area contributed by atoms with E-state index in [0.29, 0.717) is 28.1 Å². The van der Waals surface area contributed by atoms with Gasteiger partial charge in [0.2, 0.25) is 0 Å². The molecule has 0 radical (unpaired) electrons. The first-order valence-corrected chi connectivity index (χ1v) is 8.59. The maximum atomic E-state index is 12.8. The first-order valence-electron chi connectivity index (χ1n) is 8.59. The number of rotatable bonds is 5. The van der Waals surface area contributed by atoms with Gasteiger partial charge >= 0.3 is 11.9 Å². The van der Waals surface area contributed by atoms with Gasteiger partial charge in [-0.05, 0) is 53.2 Å². The number of aromatic nitrogens is 2. The number of esters is 2. The Morgan fingerprint density at radius 1 is 0.962 bits per heavy atom. The molecule has 7 heteroatoms. The zero-order chi connectivity index (χ0) is 19.4. The molecular formula is C19H25N3O4. The molecule has 0 amide bonds. The number of hydrogen-bond donors (Lipinski definition) is 1. The molecular weight excluding hydrogens is 334 g/mol. The number of dihydropyridines is 1. The Balaban J connectivity index is 2.58. The molecule has 0 unspecified atom stereocenters. The fourth-order valence-electron chi connectivity index (χ4n) is 2.90. The SMILES string of the molecule is CC1=C(C(=O)OC(C)C)C(c2ccnnc2)C(C(=O)OC(C)C)=C(C)N1. The van der Waals surface area contributed by atoms with Crippen LogP contribution in [0.4, 0.5) is 0 Å². The van der Waals surface area contributed by atoms with Gasteiger partial charge < -0.3 is 14.8 Å². The normalized spacial score (nSPS) is 15.4. The highest BCUT2D eigenvalue weighted by molar-refractivity contribution is 5.99. The van der Waals surface area contributed by atoms with E-state index in [2.05, 4.69) is 15.5 Å². The van der Waals surface area contributed by atoms with Crippen LogP contribution >= 0.6 is 0 Å². The lowest BCUT2D eigenvalue weighted by Gasteiger charge is -2.30. The van der Waals surface area contributed by atoms with E-state index in [1.807, 2.05) is 0 Å². The Bertz CT molecular complexity index is 707. The Hall–Kier alpha value is -2.70. The second kappa shape index (κ2) is 8.12. The molecule has 0 saturated heterocycles. The minimum atomic E-state index is -0.635. The summed E-state index contributed by atoms with van der Waals surface area (Å²) in [6.45, 7) is 10.7. The second-order valence-corrected chi connectivity index (χ2v) is 6.72. The standard InChI is InChI=1S/C19H25N3O4/c1-10(2)25-18(23)15-12(5)22-13(6)16(19(24)26-11(3)4)17(15)14-7-8-20-21-9-14/h7-11,17,22H,1-6H3. The van der Waals surface area contributed by atoms with Crippen molar-refractivity contribution in [3.63, 3.8) is 0 Å². The van der Waals surface area contributed by atoms with Gasteiger partial charge in [-0.1, -0.05) is 0 Å². The molecule has 140 valence electrons. The van der Waals surface area contributed by atoms with E-state index in [1.54, 1.807) is 53.8 Å². The summed E-state index contributed by atoms with van der Waals surface area (Å²) in [6.07, 6.45) is 2.51. The van der Waals surface area contributed by atoms with Gasteiger partial charge in [0.1, 0.15) is 0 Å². The molecule has 1 N–H and O–H groups in total. The number of ether oxygens (including phenoxy) is 2. The lowest BCUT2D eigenvalue weighted by molar-refractivity contribution is -0.143. The number of hydrogen-bond acceptors (Lipinski definition) is 7. The highest BCUT2D eigenvalue weighted by Gasteiger charge is 2.38. The summed E-state index contributed by atoms with van der Waals surface area (Å²) in [5.74, 6) is -1.59. The van der Waals surface area contributed by atoms with Gasteiger partial charge in [0, 0.05) is 17.6 Å². The van der Waals surface area contributed by atoms with E-state index in [0.717, 1.165) is 0 Å². The maximum Gasteiger partial charge on any atom is 0.337 e. The van der Waals surface area contributed by atoms with E-state index in [4.69, 9.17) is 9.47 Å². The molecule has 1 aliphatic heterocycles. The fraction of sp³-hybridized carbons (Fsp3) is 0.474. The van der Waals surface area contributed by atoms with Gasteiger partial charge in [-0.2, -0.15) is 10.2 Å². The first kappa shape index (κ1) is 19.6. The minimum absolute atomic E-state index is 0.280. The molecule has 26 heavy (non-hydrogen) atoms. The van der Waals surface area contributed by atoms with E-state index < -0.39 is 17.9 Å². The average Bonchev–Trinajstić information content (AvgIpc) is 2.53. The van der Waals surface area contributed by atoms with Crippen LogP contribution in [0.2, 0.25) is 0 Å². The first-order chi connectivity index (χ1) is 12.2. The fourth-order valence-corrected chi connectivity index (χ4v) is 2.90. The van der Waals surface area contributed by atoms with Gasteiger partial charge in [-0.25, -0.2) is 9.59 Å². The number of carbonyl (C=O) groups excluding carboxylic acids is 2. The number of nitrogens with zero attached hydrogens (tertiary/aromatic N) is 2. The van der Waals surface area contributed by atoms with Crippen LogP contribution in [-0.2, 0) is 19.1 Å². The zero-order valence-corrected chi connectivity index (χ0v) is 16.0. The van der Waals surface area contributed by atoms with Crippen LogP contribution in [0.1, 0.15) is 53.0 Å². The van der Waals surface area contributed by atoms with Crippen LogP contribution in [-0.4, -0.2) is 34.3 Å². The number of carbonyl (C=O) groups is 2. The van der Waals surface area contributed by atoms with Gasteiger partial charge in [-0.15, -0.1) is 0 Å². The van der Waals surface area contributed by atoms with Crippen molar-refractivity contribution in [2.24, 2.45) is 0 Å². The van der Waals surface area contributed by atoms with Gasteiger partial charge in [0.25, 0.3) is 0 Å². The van der Waals surface area contributed by atoms with Crippen molar-refractivity contribution in [1.29, 1.82) is 0 Å². The lowest BCUT2D eigenvalue weighted by atomic mass is 9.81. The van der Waals surface area contributed by atoms with E-state index in [1.165, 1.54) is 6.20 Å². The molecule has 0 aromatic carbocycles. The van der Waals surface area contributed by atoms with Crippen LogP contribution in [0.5, 0.6) is 0 Å². The third-order valence-corrected chi connectivity index (χ3v) is 3.83. The van der Waals surface area contributed by atoms with E-state index in [-0.39, 0.29) is 12.2 Å².